The molecule has 3 heterocycles. The standard InChI is InChI=1S/C19H21N5O/c1-13-20-11-10-16(21-13)17-7-4-12-24(17)19(25)9-8-18-22-14-5-2-3-6-15(14)23-18/h2-3,5-6,10-11,17H,4,7-9,12H2,1H3,(H,22,23)/t17-/m0/s1. The number of amides is 1. The molecule has 0 saturated carbocycles. The van der Waals surface area contributed by atoms with Gasteiger partial charge in [0.15, 0.2) is 0 Å². The molecule has 4 rings (SSSR count). The Labute approximate surface area is 146 Å². The summed E-state index contributed by atoms with van der Waals surface area (Å²) in [6, 6.07) is 9.92. The van der Waals surface area contributed by atoms with E-state index in [-0.39, 0.29) is 11.9 Å². The second kappa shape index (κ2) is 6.63. The summed E-state index contributed by atoms with van der Waals surface area (Å²) in [4.78, 5) is 31.2. The van der Waals surface area contributed by atoms with Gasteiger partial charge in [0.05, 0.1) is 22.8 Å². The number of H-pyrrole nitrogens is 1. The number of carbonyl (C=O) groups is 1. The van der Waals surface area contributed by atoms with Crippen LogP contribution in [0, 0.1) is 6.92 Å². The predicted octanol–water partition coefficient (Wildman–Crippen LogP) is 2.96. The highest BCUT2D eigenvalue weighted by atomic mass is 16.2. The number of aromatic nitrogens is 4. The minimum Gasteiger partial charge on any atom is -0.342 e. The van der Waals surface area contributed by atoms with Gasteiger partial charge < -0.3 is 9.88 Å². The highest BCUT2D eigenvalue weighted by molar-refractivity contribution is 5.78. The van der Waals surface area contributed by atoms with Crippen LogP contribution in [0.1, 0.15) is 42.6 Å². The Morgan fingerprint density at radius 1 is 1.28 bits per heavy atom. The van der Waals surface area contributed by atoms with Crippen LogP contribution in [0.2, 0.25) is 0 Å². The van der Waals surface area contributed by atoms with E-state index in [1.54, 1.807) is 6.20 Å². The van der Waals surface area contributed by atoms with Crippen LogP contribution in [0.5, 0.6) is 0 Å². The molecule has 0 bridgehead atoms. The maximum Gasteiger partial charge on any atom is 0.223 e. The molecule has 6 heteroatoms. The molecule has 1 aromatic carbocycles. The first-order valence-corrected chi connectivity index (χ1v) is 8.73. The van der Waals surface area contributed by atoms with Gasteiger partial charge in [-0.15, -0.1) is 0 Å². The smallest absolute Gasteiger partial charge is 0.223 e. The average Bonchev–Trinajstić information content (AvgIpc) is 3.26. The van der Waals surface area contributed by atoms with Crippen molar-refractivity contribution in [2.45, 2.75) is 38.6 Å². The second-order valence-electron chi connectivity index (χ2n) is 6.47. The first kappa shape index (κ1) is 15.7. The fraction of sp³-hybridized carbons (Fsp3) is 0.368. The van der Waals surface area contributed by atoms with Gasteiger partial charge in [0.25, 0.3) is 0 Å². The summed E-state index contributed by atoms with van der Waals surface area (Å²) in [7, 11) is 0. The van der Waals surface area contributed by atoms with Crippen molar-refractivity contribution < 1.29 is 4.79 Å². The molecule has 1 amide bonds. The molecular weight excluding hydrogens is 314 g/mol. The highest BCUT2D eigenvalue weighted by Crippen LogP contribution is 2.31. The van der Waals surface area contributed by atoms with E-state index in [9.17, 15) is 4.79 Å². The van der Waals surface area contributed by atoms with Gasteiger partial charge in [-0.2, -0.15) is 0 Å². The summed E-state index contributed by atoms with van der Waals surface area (Å²) < 4.78 is 0. The van der Waals surface area contributed by atoms with E-state index in [0.29, 0.717) is 12.8 Å². The van der Waals surface area contributed by atoms with Gasteiger partial charge in [-0.1, -0.05) is 12.1 Å². The Morgan fingerprint density at radius 2 is 2.16 bits per heavy atom. The van der Waals surface area contributed by atoms with E-state index in [1.807, 2.05) is 42.2 Å². The minimum absolute atomic E-state index is 0.0740. The zero-order chi connectivity index (χ0) is 17.2. The molecule has 1 atom stereocenters. The van der Waals surface area contributed by atoms with E-state index in [0.717, 1.165) is 47.8 Å². The SMILES string of the molecule is Cc1nccc([C@@H]2CCCN2C(=O)CCc2nc3ccccc3[nH]2)n1. The van der Waals surface area contributed by atoms with Crippen molar-refractivity contribution in [3.8, 4) is 0 Å². The van der Waals surface area contributed by atoms with E-state index in [1.165, 1.54) is 0 Å². The molecule has 0 spiro atoms. The van der Waals surface area contributed by atoms with Gasteiger partial charge >= 0.3 is 0 Å². The van der Waals surface area contributed by atoms with Gasteiger partial charge in [-0.25, -0.2) is 15.0 Å². The summed E-state index contributed by atoms with van der Waals surface area (Å²) in [5.41, 5.74) is 2.91. The number of imidazole rings is 1. The molecule has 25 heavy (non-hydrogen) atoms. The van der Waals surface area contributed by atoms with Crippen LogP contribution in [-0.4, -0.2) is 37.3 Å². The van der Waals surface area contributed by atoms with Gasteiger partial charge in [0.1, 0.15) is 11.6 Å². The van der Waals surface area contributed by atoms with E-state index in [2.05, 4.69) is 19.9 Å². The number of aryl methyl sites for hydroxylation is 2. The van der Waals surface area contributed by atoms with E-state index < -0.39 is 0 Å². The van der Waals surface area contributed by atoms with Crippen LogP contribution < -0.4 is 0 Å². The lowest BCUT2D eigenvalue weighted by molar-refractivity contribution is -0.132. The first-order valence-electron chi connectivity index (χ1n) is 8.73. The highest BCUT2D eigenvalue weighted by Gasteiger charge is 2.30. The fourth-order valence-corrected chi connectivity index (χ4v) is 3.53. The molecule has 0 unspecified atom stereocenters. The minimum atomic E-state index is 0.0740. The van der Waals surface area contributed by atoms with Gasteiger partial charge in [-0.3, -0.25) is 4.79 Å². The number of likely N-dealkylation sites (tertiary alicyclic amines) is 1. The molecule has 0 aliphatic carbocycles. The van der Waals surface area contributed by atoms with Crippen molar-refractivity contribution in [1.29, 1.82) is 0 Å². The third kappa shape index (κ3) is 3.24. The van der Waals surface area contributed by atoms with Crippen molar-refractivity contribution in [3.05, 3.63) is 53.9 Å². The van der Waals surface area contributed by atoms with E-state index in [4.69, 9.17) is 0 Å². The molecular formula is C19H21N5O. The Hall–Kier alpha value is -2.76. The van der Waals surface area contributed by atoms with Gasteiger partial charge in [0, 0.05) is 25.6 Å². The van der Waals surface area contributed by atoms with Crippen molar-refractivity contribution in [1.82, 2.24) is 24.8 Å². The maximum atomic E-state index is 12.7. The molecule has 1 aliphatic heterocycles. The molecule has 128 valence electrons. The lowest BCUT2D eigenvalue weighted by atomic mass is 10.1. The third-order valence-corrected chi connectivity index (χ3v) is 4.73. The summed E-state index contributed by atoms with van der Waals surface area (Å²) in [5, 5.41) is 0. The average molecular weight is 335 g/mol. The number of aromatic amines is 1. The maximum absolute atomic E-state index is 12.7. The Morgan fingerprint density at radius 3 is 3.00 bits per heavy atom. The third-order valence-electron chi connectivity index (χ3n) is 4.73. The van der Waals surface area contributed by atoms with Crippen LogP contribution in [0.4, 0.5) is 0 Å². The lowest BCUT2D eigenvalue weighted by Gasteiger charge is -2.24. The summed E-state index contributed by atoms with van der Waals surface area (Å²) >= 11 is 0. The van der Waals surface area contributed by atoms with E-state index >= 15 is 0 Å². The number of fused-ring (bicyclic) bond motifs is 1. The van der Waals surface area contributed by atoms with Gasteiger partial charge in [-0.05, 0) is 38.0 Å². The molecule has 3 aromatic rings. The molecule has 1 fully saturated rings. The normalized spacial score (nSPS) is 17.3. The molecule has 1 saturated heterocycles. The zero-order valence-electron chi connectivity index (χ0n) is 14.3. The Bertz CT molecular complexity index is 870. The van der Waals surface area contributed by atoms with Gasteiger partial charge in [0.2, 0.25) is 5.91 Å². The summed E-state index contributed by atoms with van der Waals surface area (Å²) in [5.74, 6) is 1.78. The Balaban J connectivity index is 1.44. The number of rotatable bonds is 4. The monoisotopic (exact) mass is 335 g/mol. The number of nitrogens with one attached hydrogen (secondary N) is 1. The summed E-state index contributed by atoms with van der Waals surface area (Å²) in [6.45, 7) is 2.68. The molecule has 1 N–H and O–H groups in total. The number of hydrogen-bond acceptors (Lipinski definition) is 4. The second-order valence-corrected chi connectivity index (χ2v) is 6.47. The molecule has 0 radical (unpaired) electrons. The number of hydrogen-bond donors (Lipinski definition) is 1. The van der Waals surface area contributed by atoms with Crippen LogP contribution in [0.25, 0.3) is 11.0 Å². The predicted molar refractivity (Wildman–Crippen MR) is 94.9 cm³/mol. The fourth-order valence-electron chi connectivity index (χ4n) is 3.53. The van der Waals surface area contributed by atoms with Crippen LogP contribution in [-0.2, 0) is 11.2 Å². The van der Waals surface area contributed by atoms with Crippen molar-refractivity contribution >= 4 is 16.9 Å². The number of nitrogens with zero attached hydrogens (tertiary/aromatic N) is 4. The molecule has 6 nitrogen and oxygen atoms in total. The first-order chi connectivity index (χ1) is 12.2. The molecule has 2 aromatic heterocycles. The summed E-state index contributed by atoms with van der Waals surface area (Å²) in [6.07, 6.45) is 4.84. The number of para-hydroxylation sites is 2. The Kier molecular flexibility index (Phi) is 4.17. The van der Waals surface area contributed by atoms with Crippen LogP contribution in [0.3, 0.4) is 0 Å². The number of carbonyl (C=O) groups excluding carboxylic acids is 1. The molecule has 1 aliphatic rings. The lowest BCUT2D eigenvalue weighted by Crippen LogP contribution is -2.31. The number of benzene rings is 1. The topological polar surface area (TPSA) is 74.8 Å². The largest absolute Gasteiger partial charge is 0.342 e. The quantitative estimate of drug-likeness (QED) is 0.795. The van der Waals surface area contributed by atoms with Crippen molar-refractivity contribution in [2.24, 2.45) is 0 Å². The van der Waals surface area contributed by atoms with Crippen LogP contribution in [0.15, 0.2) is 36.5 Å². The zero-order valence-corrected chi connectivity index (χ0v) is 14.3. The van der Waals surface area contributed by atoms with Crippen molar-refractivity contribution in [2.75, 3.05) is 6.54 Å². The van der Waals surface area contributed by atoms with Crippen LogP contribution >= 0.6 is 0 Å². The van der Waals surface area contributed by atoms with Crippen molar-refractivity contribution in [3.63, 3.8) is 0 Å².